The molecule has 0 fully saturated rings. The van der Waals surface area contributed by atoms with E-state index in [4.69, 9.17) is 28.5 Å². The van der Waals surface area contributed by atoms with Crippen LogP contribution in [0.5, 0.6) is 0 Å². The van der Waals surface area contributed by atoms with Crippen molar-refractivity contribution in [3.05, 3.63) is 27.7 Å². The maximum Gasteiger partial charge on any atom is 0.211 e. The number of halogens is 2. The SMILES string of the molecule is N#Cc1ccc(Cl)c(NC=O)c1Cl. The average molecular weight is 215 g/mol. The maximum absolute atomic E-state index is 10.2. The number of hydrogen-bond donors (Lipinski definition) is 1. The van der Waals surface area contributed by atoms with Crippen LogP contribution >= 0.6 is 23.2 Å². The first-order valence-electron chi connectivity index (χ1n) is 3.29. The van der Waals surface area contributed by atoms with Crippen LogP contribution in [0.2, 0.25) is 10.0 Å². The zero-order valence-corrected chi connectivity index (χ0v) is 7.86. The molecule has 0 atom stereocenters. The minimum absolute atomic E-state index is 0.155. The molecule has 0 aliphatic heterocycles. The van der Waals surface area contributed by atoms with E-state index >= 15 is 0 Å². The van der Waals surface area contributed by atoms with Crippen molar-refractivity contribution in [3.63, 3.8) is 0 Å². The van der Waals surface area contributed by atoms with Crippen molar-refractivity contribution in [2.24, 2.45) is 0 Å². The molecule has 0 saturated heterocycles. The lowest BCUT2D eigenvalue weighted by Crippen LogP contribution is -1.96. The number of hydrogen-bond acceptors (Lipinski definition) is 2. The van der Waals surface area contributed by atoms with Gasteiger partial charge in [-0.1, -0.05) is 23.2 Å². The van der Waals surface area contributed by atoms with Crippen LogP contribution in [0.25, 0.3) is 0 Å². The van der Waals surface area contributed by atoms with Crippen molar-refractivity contribution in [2.75, 3.05) is 5.32 Å². The number of benzene rings is 1. The van der Waals surface area contributed by atoms with E-state index in [0.29, 0.717) is 11.4 Å². The van der Waals surface area contributed by atoms with Gasteiger partial charge < -0.3 is 5.32 Å². The number of nitrogens with one attached hydrogen (secondary N) is 1. The smallest absolute Gasteiger partial charge is 0.211 e. The lowest BCUT2D eigenvalue weighted by molar-refractivity contribution is -0.105. The molecule has 1 aromatic carbocycles. The molecule has 66 valence electrons. The predicted molar refractivity (Wildman–Crippen MR) is 50.9 cm³/mol. The van der Waals surface area contributed by atoms with Crippen LogP contribution in [-0.2, 0) is 4.79 Å². The molecule has 1 aromatic rings. The Balaban J connectivity index is 3.31. The Bertz CT molecular complexity index is 384. The topological polar surface area (TPSA) is 52.9 Å². The molecule has 0 aliphatic carbocycles. The van der Waals surface area contributed by atoms with E-state index in [-0.39, 0.29) is 16.3 Å². The summed E-state index contributed by atoms with van der Waals surface area (Å²) < 4.78 is 0. The molecule has 0 aliphatic rings. The van der Waals surface area contributed by atoms with E-state index in [1.165, 1.54) is 12.1 Å². The van der Waals surface area contributed by atoms with Gasteiger partial charge >= 0.3 is 0 Å². The Kier molecular flexibility index (Phi) is 3.13. The Morgan fingerprint density at radius 3 is 2.69 bits per heavy atom. The molecule has 0 spiro atoms. The van der Waals surface area contributed by atoms with Crippen molar-refractivity contribution in [1.82, 2.24) is 0 Å². The van der Waals surface area contributed by atoms with E-state index in [1.807, 2.05) is 6.07 Å². The fourth-order valence-corrected chi connectivity index (χ4v) is 1.35. The van der Waals surface area contributed by atoms with Gasteiger partial charge in [0.05, 0.1) is 21.3 Å². The predicted octanol–water partition coefficient (Wildman–Crippen LogP) is 2.43. The largest absolute Gasteiger partial charge is 0.326 e. The number of rotatable bonds is 2. The van der Waals surface area contributed by atoms with Crippen LogP contribution in [0.15, 0.2) is 12.1 Å². The first-order valence-corrected chi connectivity index (χ1v) is 4.04. The summed E-state index contributed by atoms with van der Waals surface area (Å²) in [5.74, 6) is 0. The second kappa shape index (κ2) is 4.13. The van der Waals surface area contributed by atoms with E-state index in [2.05, 4.69) is 5.32 Å². The Morgan fingerprint density at radius 1 is 1.46 bits per heavy atom. The summed E-state index contributed by atoms with van der Waals surface area (Å²) in [7, 11) is 0. The summed E-state index contributed by atoms with van der Waals surface area (Å²) >= 11 is 11.5. The molecule has 0 unspecified atom stereocenters. The number of amides is 1. The second-order valence-electron chi connectivity index (χ2n) is 2.16. The van der Waals surface area contributed by atoms with Gasteiger partial charge in [-0.2, -0.15) is 5.26 Å². The molecule has 0 radical (unpaired) electrons. The van der Waals surface area contributed by atoms with Crippen LogP contribution in [-0.4, -0.2) is 6.41 Å². The maximum atomic E-state index is 10.2. The third-order valence-corrected chi connectivity index (χ3v) is 2.12. The van der Waals surface area contributed by atoms with E-state index < -0.39 is 0 Å². The van der Waals surface area contributed by atoms with Gasteiger partial charge in [-0.15, -0.1) is 0 Å². The average Bonchev–Trinajstić information content (AvgIpc) is 2.12. The van der Waals surface area contributed by atoms with Gasteiger partial charge in [0.1, 0.15) is 6.07 Å². The first-order chi connectivity index (χ1) is 6.20. The number of carbonyl (C=O) groups excluding carboxylic acids is 1. The van der Waals surface area contributed by atoms with Gasteiger partial charge in [-0.05, 0) is 12.1 Å². The fourth-order valence-electron chi connectivity index (χ4n) is 0.830. The van der Waals surface area contributed by atoms with Crippen molar-refractivity contribution in [3.8, 4) is 6.07 Å². The van der Waals surface area contributed by atoms with E-state index in [0.717, 1.165) is 0 Å². The fraction of sp³-hybridized carbons (Fsp3) is 0. The third-order valence-electron chi connectivity index (χ3n) is 1.41. The molecule has 1 N–H and O–H groups in total. The Morgan fingerprint density at radius 2 is 2.15 bits per heavy atom. The van der Waals surface area contributed by atoms with Crippen molar-refractivity contribution in [2.45, 2.75) is 0 Å². The normalized spacial score (nSPS) is 9.00. The lowest BCUT2D eigenvalue weighted by Gasteiger charge is -2.05. The number of anilines is 1. The van der Waals surface area contributed by atoms with Crippen molar-refractivity contribution >= 4 is 35.3 Å². The van der Waals surface area contributed by atoms with Crippen LogP contribution in [0, 0.1) is 11.3 Å². The minimum atomic E-state index is 0.155. The summed E-state index contributed by atoms with van der Waals surface area (Å²) in [5.41, 5.74) is 0.535. The molecule has 1 rings (SSSR count). The molecule has 3 nitrogen and oxygen atoms in total. The highest BCUT2D eigenvalue weighted by Gasteiger charge is 2.09. The summed E-state index contributed by atoms with van der Waals surface area (Å²) in [6, 6.07) is 4.86. The highest BCUT2D eigenvalue weighted by molar-refractivity contribution is 6.40. The Hall–Kier alpha value is -1.24. The second-order valence-corrected chi connectivity index (χ2v) is 2.94. The first kappa shape index (κ1) is 9.85. The standard InChI is InChI=1S/C8H4Cl2N2O/c9-6-2-1-5(3-11)7(10)8(6)12-4-13/h1-2,4H,(H,12,13). The summed E-state index contributed by atoms with van der Waals surface area (Å²) in [6.45, 7) is 0. The zero-order valence-electron chi connectivity index (χ0n) is 6.34. The summed E-state index contributed by atoms with van der Waals surface area (Å²) in [6.07, 6.45) is 0.453. The highest BCUT2D eigenvalue weighted by atomic mass is 35.5. The molecule has 0 aromatic heterocycles. The molecular formula is C8H4Cl2N2O. The quantitative estimate of drug-likeness (QED) is 0.770. The highest BCUT2D eigenvalue weighted by Crippen LogP contribution is 2.32. The van der Waals surface area contributed by atoms with Crippen LogP contribution in [0.4, 0.5) is 5.69 Å². The van der Waals surface area contributed by atoms with Gasteiger partial charge in [-0.3, -0.25) is 4.79 Å². The Labute approximate surface area is 84.9 Å². The number of nitriles is 1. The van der Waals surface area contributed by atoms with Crippen LogP contribution in [0.3, 0.4) is 0 Å². The molecular weight excluding hydrogens is 211 g/mol. The number of nitrogens with zero attached hydrogens (tertiary/aromatic N) is 1. The van der Waals surface area contributed by atoms with Crippen molar-refractivity contribution in [1.29, 1.82) is 5.26 Å². The van der Waals surface area contributed by atoms with E-state index in [1.54, 1.807) is 0 Å². The molecule has 0 saturated carbocycles. The summed E-state index contributed by atoms with van der Waals surface area (Å²) in [5, 5.41) is 11.4. The molecule has 13 heavy (non-hydrogen) atoms. The summed E-state index contributed by atoms with van der Waals surface area (Å²) in [4.78, 5) is 10.2. The van der Waals surface area contributed by atoms with Gasteiger partial charge in [0.2, 0.25) is 6.41 Å². The molecule has 1 amide bonds. The van der Waals surface area contributed by atoms with Crippen molar-refractivity contribution < 1.29 is 4.79 Å². The lowest BCUT2D eigenvalue weighted by atomic mass is 10.2. The van der Waals surface area contributed by atoms with Gasteiger partial charge in [0.25, 0.3) is 0 Å². The minimum Gasteiger partial charge on any atom is -0.326 e. The monoisotopic (exact) mass is 214 g/mol. The van der Waals surface area contributed by atoms with Gasteiger partial charge in [-0.25, -0.2) is 0 Å². The molecule has 0 heterocycles. The van der Waals surface area contributed by atoms with Gasteiger partial charge in [0.15, 0.2) is 0 Å². The molecule has 0 bridgehead atoms. The van der Waals surface area contributed by atoms with Crippen LogP contribution < -0.4 is 5.32 Å². The molecule has 5 heteroatoms. The number of carbonyl (C=O) groups is 1. The zero-order chi connectivity index (χ0) is 9.84. The van der Waals surface area contributed by atoms with Gasteiger partial charge in [0, 0.05) is 0 Å². The van der Waals surface area contributed by atoms with Crippen LogP contribution in [0.1, 0.15) is 5.56 Å². The third kappa shape index (κ3) is 1.92. The van der Waals surface area contributed by atoms with E-state index in [9.17, 15) is 4.79 Å².